The summed E-state index contributed by atoms with van der Waals surface area (Å²) >= 11 is 0. The van der Waals surface area contributed by atoms with Gasteiger partial charge >= 0.3 is 0 Å². The van der Waals surface area contributed by atoms with Crippen molar-refractivity contribution in [2.75, 3.05) is 32.8 Å². The molecule has 0 N–H and O–H groups in total. The lowest BCUT2D eigenvalue weighted by Gasteiger charge is -2.27. The van der Waals surface area contributed by atoms with E-state index in [9.17, 15) is 0 Å². The Hall–Kier alpha value is -1.79. The highest BCUT2D eigenvalue weighted by atomic mass is 16.5. The van der Waals surface area contributed by atoms with Gasteiger partial charge in [-0.15, -0.1) is 0 Å². The summed E-state index contributed by atoms with van der Waals surface area (Å²) < 4.78 is 10.8. The second kappa shape index (κ2) is 8.15. The van der Waals surface area contributed by atoms with E-state index in [2.05, 4.69) is 32.4 Å². The minimum Gasteiger partial charge on any atom is -0.381 e. The summed E-state index contributed by atoms with van der Waals surface area (Å²) in [5.74, 6) is 4.18. The summed E-state index contributed by atoms with van der Waals surface area (Å²) in [7, 11) is 0. The lowest BCUT2D eigenvalue weighted by Crippen LogP contribution is -2.31. The van der Waals surface area contributed by atoms with E-state index < -0.39 is 0 Å². The minimum atomic E-state index is 0.759. The van der Waals surface area contributed by atoms with Gasteiger partial charge in [-0.1, -0.05) is 5.16 Å². The summed E-state index contributed by atoms with van der Waals surface area (Å²) in [4.78, 5) is 2.74. The third-order valence-corrected chi connectivity index (χ3v) is 7.29. The van der Waals surface area contributed by atoms with E-state index in [0.717, 1.165) is 71.7 Å². The standard InChI is InChI=1S/C23H32N4O2/c1-15-23(16(2)29-26-15)22-4-3-21(24-25-22)11-18-9-19-13-27(14-20(19)10-18)12-17-5-7-28-8-6-17/h3-4,17-20H,5-14H2,1-2H3/t18?,19-,20+. The molecule has 6 nitrogen and oxygen atoms in total. The van der Waals surface area contributed by atoms with Crippen LogP contribution in [0.15, 0.2) is 16.7 Å². The summed E-state index contributed by atoms with van der Waals surface area (Å²) in [5, 5.41) is 13.0. The van der Waals surface area contributed by atoms with Crippen LogP contribution in [0, 0.1) is 37.5 Å². The van der Waals surface area contributed by atoms with Crippen LogP contribution in [-0.2, 0) is 11.2 Å². The van der Waals surface area contributed by atoms with Crippen molar-refractivity contribution in [1.29, 1.82) is 0 Å². The SMILES string of the molecule is Cc1noc(C)c1-c1ccc(CC2C[C@@H]3CN(CC4CCOCC4)C[C@@H]3C2)nn1. The molecule has 0 spiro atoms. The van der Waals surface area contributed by atoms with Crippen LogP contribution in [0.25, 0.3) is 11.3 Å². The number of fused-ring (bicyclic) bond motifs is 1. The van der Waals surface area contributed by atoms with Crippen LogP contribution in [0.5, 0.6) is 0 Å². The molecule has 4 heterocycles. The first-order valence-electron chi connectivity index (χ1n) is 11.2. The highest BCUT2D eigenvalue weighted by Gasteiger charge is 2.41. The van der Waals surface area contributed by atoms with E-state index >= 15 is 0 Å². The smallest absolute Gasteiger partial charge is 0.143 e. The number of ether oxygens (including phenoxy) is 1. The highest BCUT2D eigenvalue weighted by molar-refractivity contribution is 5.63. The normalized spacial score (nSPS) is 28.1. The number of likely N-dealkylation sites (tertiary alicyclic amines) is 1. The van der Waals surface area contributed by atoms with Crippen molar-refractivity contribution in [3.63, 3.8) is 0 Å². The zero-order chi connectivity index (χ0) is 19.8. The predicted molar refractivity (Wildman–Crippen MR) is 110 cm³/mol. The predicted octanol–water partition coefficient (Wildman–Crippen LogP) is 3.68. The molecule has 0 amide bonds. The molecule has 29 heavy (non-hydrogen) atoms. The number of nitrogens with zero attached hydrogens (tertiary/aromatic N) is 4. The molecule has 156 valence electrons. The quantitative estimate of drug-likeness (QED) is 0.768. The van der Waals surface area contributed by atoms with E-state index in [0.29, 0.717) is 0 Å². The van der Waals surface area contributed by atoms with Crippen LogP contribution in [0.4, 0.5) is 0 Å². The summed E-state index contributed by atoms with van der Waals surface area (Å²) in [6.45, 7) is 9.69. The van der Waals surface area contributed by atoms with Gasteiger partial charge in [0.1, 0.15) is 5.76 Å². The van der Waals surface area contributed by atoms with Crippen LogP contribution in [0.1, 0.15) is 42.8 Å². The molecule has 2 aliphatic heterocycles. The van der Waals surface area contributed by atoms with Crippen molar-refractivity contribution in [2.45, 2.75) is 46.0 Å². The van der Waals surface area contributed by atoms with Gasteiger partial charge in [-0.05, 0) is 81.8 Å². The molecule has 2 aromatic heterocycles. The molecule has 1 aliphatic carbocycles. The van der Waals surface area contributed by atoms with Crippen LogP contribution in [0.2, 0.25) is 0 Å². The Morgan fingerprint density at radius 1 is 1.00 bits per heavy atom. The number of aromatic nitrogens is 3. The molecule has 1 unspecified atom stereocenters. The molecule has 3 aliphatic rings. The maximum Gasteiger partial charge on any atom is 0.143 e. The molecular weight excluding hydrogens is 364 g/mol. The van der Waals surface area contributed by atoms with Gasteiger partial charge < -0.3 is 14.2 Å². The first kappa shape index (κ1) is 19.2. The van der Waals surface area contributed by atoms with Crippen molar-refractivity contribution >= 4 is 0 Å². The van der Waals surface area contributed by atoms with Gasteiger partial charge in [0.05, 0.1) is 22.6 Å². The Bertz CT molecular complexity index is 794. The van der Waals surface area contributed by atoms with Gasteiger partial charge in [0.2, 0.25) is 0 Å². The van der Waals surface area contributed by atoms with Crippen LogP contribution in [-0.4, -0.2) is 53.1 Å². The molecule has 0 bridgehead atoms. The number of rotatable bonds is 5. The molecule has 3 fully saturated rings. The van der Waals surface area contributed by atoms with Gasteiger partial charge in [0.25, 0.3) is 0 Å². The second-order valence-electron chi connectivity index (χ2n) is 9.45. The van der Waals surface area contributed by atoms with Crippen LogP contribution < -0.4 is 0 Å². The lowest BCUT2D eigenvalue weighted by atomic mass is 9.98. The maximum atomic E-state index is 5.51. The Morgan fingerprint density at radius 3 is 2.38 bits per heavy atom. The molecule has 2 aromatic rings. The molecule has 6 heteroatoms. The van der Waals surface area contributed by atoms with Gasteiger partial charge in [-0.3, -0.25) is 0 Å². The van der Waals surface area contributed by atoms with Crippen LogP contribution in [0.3, 0.4) is 0 Å². The third kappa shape index (κ3) is 4.10. The van der Waals surface area contributed by atoms with Crippen molar-refractivity contribution in [3.8, 4) is 11.3 Å². The average molecular weight is 397 g/mol. The van der Waals surface area contributed by atoms with Gasteiger partial charge in [-0.2, -0.15) is 10.2 Å². The molecule has 0 radical (unpaired) electrons. The third-order valence-electron chi connectivity index (χ3n) is 7.29. The summed E-state index contributed by atoms with van der Waals surface area (Å²) in [5.41, 5.74) is 3.82. The topological polar surface area (TPSA) is 64.3 Å². The Balaban J connectivity index is 1.14. The van der Waals surface area contributed by atoms with E-state index in [1.807, 2.05) is 13.8 Å². The van der Waals surface area contributed by atoms with Gasteiger partial charge in [-0.25, -0.2) is 0 Å². The first-order valence-corrected chi connectivity index (χ1v) is 11.2. The lowest BCUT2D eigenvalue weighted by molar-refractivity contribution is 0.0544. The molecule has 0 aromatic carbocycles. The van der Waals surface area contributed by atoms with Crippen molar-refractivity contribution in [2.24, 2.45) is 23.7 Å². The van der Waals surface area contributed by atoms with Crippen LogP contribution >= 0.6 is 0 Å². The van der Waals surface area contributed by atoms with Gasteiger partial charge in [0, 0.05) is 32.8 Å². The fraction of sp³-hybridized carbons (Fsp3) is 0.696. The highest BCUT2D eigenvalue weighted by Crippen LogP contribution is 2.43. The fourth-order valence-electron chi connectivity index (χ4n) is 5.88. The molecule has 5 rings (SSSR count). The summed E-state index contributed by atoms with van der Waals surface area (Å²) in [6, 6.07) is 4.21. The van der Waals surface area contributed by atoms with Crippen molar-refractivity contribution in [1.82, 2.24) is 20.3 Å². The fourth-order valence-corrected chi connectivity index (χ4v) is 5.88. The average Bonchev–Trinajstić information content (AvgIpc) is 3.36. The van der Waals surface area contributed by atoms with E-state index in [4.69, 9.17) is 9.26 Å². The Kier molecular flexibility index (Phi) is 5.39. The van der Waals surface area contributed by atoms with E-state index in [1.54, 1.807) is 0 Å². The Labute approximate surface area is 173 Å². The number of aryl methyl sites for hydroxylation is 2. The maximum absolute atomic E-state index is 5.51. The van der Waals surface area contributed by atoms with Crippen molar-refractivity contribution in [3.05, 3.63) is 29.3 Å². The van der Waals surface area contributed by atoms with Gasteiger partial charge in [0.15, 0.2) is 0 Å². The molecular formula is C23H32N4O2. The monoisotopic (exact) mass is 396 g/mol. The zero-order valence-corrected chi connectivity index (χ0v) is 17.6. The summed E-state index contributed by atoms with van der Waals surface area (Å²) in [6.07, 6.45) is 6.25. The minimum absolute atomic E-state index is 0.759. The Morgan fingerprint density at radius 2 is 1.76 bits per heavy atom. The molecule has 3 atom stereocenters. The largest absolute Gasteiger partial charge is 0.381 e. The first-order chi connectivity index (χ1) is 14.2. The van der Waals surface area contributed by atoms with E-state index in [1.165, 1.54) is 45.3 Å². The second-order valence-corrected chi connectivity index (χ2v) is 9.45. The molecule has 1 saturated carbocycles. The molecule has 2 saturated heterocycles. The van der Waals surface area contributed by atoms with Crippen molar-refractivity contribution < 1.29 is 9.26 Å². The number of hydrogen-bond donors (Lipinski definition) is 0. The zero-order valence-electron chi connectivity index (χ0n) is 17.6. The number of hydrogen-bond acceptors (Lipinski definition) is 6. The van der Waals surface area contributed by atoms with E-state index in [-0.39, 0.29) is 0 Å².